The Balaban J connectivity index is 1.41. The zero-order valence-electron chi connectivity index (χ0n) is 22.5. The number of nitrogens with zero attached hydrogens (tertiary/aromatic N) is 4. The summed E-state index contributed by atoms with van der Waals surface area (Å²) in [4.78, 5) is 13.3. The number of nitrogens with one attached hydrogen (secondary N) is 3. The quantitative estimate of drug-likeness (QED) is 0.180. The van der Waals surface area contributed by atoms with E-state index in [0.717, 1.165) is 22.5 Å². The Morgan fingerprint density at radius 3 is 2.35 bits per heavy atom. The van der Waals surface area contributed by atoms with E-state index >= 15 is 0 Å². The summed E-state index contributed by atoms with van der Waals surface area (Å²) in [7, 11) is 3.19. The molecule has 4 aromatic rings. The Morgan fingerprint density at radius 2 is 1.62 bits per heavy atom. The highest BCUT2D eigenvalue weighted by atomic mass is 16.7. The number of hydrazone groups is 1. The van der Waals surface area contributed by atoms with E-state index in [9.17, 15) is 0 Å². The maximum Gasteiger partial charge on any atom is 0.231 e. The molecule has 5 rings (SSSR count). The molecule has 0 bridgehead atoms. The van der Waals surface area contributed by atoms with Crippen molar-refractivity contribution in [3.05, 3.63) is 90.3 Å². The first kappa shape index (κ1) is 26.9. The van der Waals surface area contributed by atoms with Crippen LogP contribution in [0, 0.1) is 0 Å². The predicted octanol–water partition coefficient (Wildman–Crippen LogP) is 4.78. The molecule has 206 valence electrons. The molecule has 0 radical (unpaired) electrons. The monoisotopic (exact) mass is 541 g/mol. The number of methoxy groups -OCH3 is 2. The Bertz CT molecular complexity index is 1450. The fourth-order valence-electron chi connectivity index (χ4n) is 4.21. The minimum atomic E-state index is -1.04. The van der Waals surface area contributed by atoms with Gasteiger partial charge in [-0.05, 0) is 49.4 Å². The fourth-order valence-corrected chi connectivity index (χ4v) is 4.21. The van der Waals surface area contributed by atoms with E-state index in [1.807, 2.05) is 67.6 Å². The maximum atomic E-state index is 6.12. The molecule has 0 aliphatic carbocycles. The van der Waals surface area contributed by atoms with Gasteiger partial charge in [-0.2, -0.15) is 15.1 Å². The van der Waals surface area contributed by atoms with Crippen molar-refractivity contribution >= 4 is 29.0 Å². The topological polar surface area (TPSA) is 124 Å². The number of hydrogen-bond acceptors (Lipinski definition) is 11. The molecule has 0 saturated carbocycles. The molecule has 2 aromatic carbocycles. The second-order valence-electron chi connectivity index (χ2n) is 8.87. The number of ether oxygens (including phenoxy) is 4. The molecule has 0 unspecified atom stereocenters. The van der Waals surface area contributed by atoms with E-state index in [4.69, 9.17) is 18.9 Å². The lowest BCUT2D eigenvalue weighted by atomic mass is 10.0. The molecule has 11 heteroatoms. The molecule has 2 aromatic heterocycles. The molecule has 11 nitrogen and oxygen atoms in total. The molecule has 0 amide bonds. The molecule has 3 N–H and O–H groups in total. The number of pyridine rings is 1. The van der Waals surface area contributed by atoms with Crippen molar-refractivity contribution in [2.45, 2.75) is 12.7 Å². The van der Waals surface area contributed by atoms with Crippen molar-refractivity contribution in [2.24, 2.45) is 5.10 Å². The van der Waals surface area contributed by atoms with Crippen LogP contribution in [0.4, 0.5) is 23.3 Å². The lowest BCUT2D eigenvalue weighted by Gasteiger charge is -2.29. The van der Waals surface area contributed by atoms with Crippen molar-refractivity contribution in [2.75, 3.05) is 50.0 Å². The third-order valence-corrected chi connectivity index (χ3v) is 6.27. The molecule has 1 saturated heterocycles. The van der Waals surface area contributed by atoms with Gasteiger partial charge in [-0.15, -0.1) is 0 Å². The van der Waals surface area contributed by atoms with Crippen LogP contribution in [0.1, 0.15) is 18.1 Å². The molecule has 0 atom stereocenters. The highest BCUT2D eigenvalue weighted by molar-refractivity contribution is 5.98. The van der Waals surface area contributed by atoms with Gasteiger partial charge in [0.05, 0.1) is 39.7 Å². The van der Waals surface area contributed by atoms with Gasteiger partial charge >= 0.3 is 0 Å². The zero-order chi connectivity index (χ0) is 27.8. The lowest BCUT2D eigenvalue weighted by molar-refractivity contribution is -0.154. The van der Waals surface area contributed by atoms with Crippen LogP contribution in [0.3, 0.4) is 0 Å². The SMILES string of the molecule is COc1ccc(C2(CNc3cc(NN=C(C)c4ccncc4)nc(Nc4ccccc4)n3)OCCO2)cc1OC. The van der Waals surface area contributed by atoms with Gasteiger partial charge in [-0.1, -0.05) is 18.2 Å². The van der Waals surface area contributed by atoms with E-state index in [0.29, 0.717) is 42.3 Å². The third-order valence-electron chi connectivity index (χ3n) is 6.27. The van der Waals surface area contributed by atoms with E-state index in [2.05, 4.69) is 36.1 Å². The van der Waals surface area contributed by atoms with E-state index < -0.39 is 5.79 Å². The van der Waals surface area contributed by atoms with E-state index in [1.165, 1.54) is 0 Å². The first-order chi connectivity index (χ1) is 19.6. The Labute approximate surface area is 232 Å². The normalized spacial score (nSPS) is 14.4. The minimum absolute atomic E-state index is 0.281. The first-order valence-corrected chi connectivity index (χ1v) is 12.7. The summed E-state index contributed by atoms with van der Waals surface area (Å²) < 4.78 is 23.1. The van der Waals surface area contributed by atoms with Gasteiger partial charge in [0.1, 0.15) is 5.82 Å². The highest BCUT2D eigenvalue weighted by Crippen LogP contribution is 2.37. The average Bonchev–Trinajstić information content (AvgIpc) is 3.49. The summed E-state index contributed by atoms with van der Waals surface area (Å²) in [5.74, 6) is 1.61. The Hall–Kier alpha value is -4.74. The van der Waals surface area contributed by atoms with Gasteiger partial charge < -0.3 is 29.6 Å². The number of para-hydroxylation sites is 1. The predicted molar refractivity (Wildman–Crippen MR) is 153 cm³/mol. The summed E-state index contributed by atoms with van der Waals surface area (Å²) in [6, 6.07) is 20.9. The fraction of sp³-hybridized carbons (Fsp3) is 0.241. The highest BCUT2D eigenvalue weighted by Gasteiger charge is 2.39. The zero-order valence-corrected chi connectivity index (χ0v) is 22.5. The molecule has 3 heterocycles. The van der Waals surface area contributed by atoms with Crippen LogP contribution in [0.15, 0.2) is 84.2 Å². The molecular formula is C29H31N7O4. The van der Waals surface area contributed by atoms with Crippen LogP contribution in [0.25, 0.3) is 0 Å². The van der Waals surface area contributed by atoms with E-state index in [-0.39, 0.29) is 6.54 Å². The van der Waals surface area contributed by atoms with Gasteiger partial charge in [0.25, 0.3) is 0 Å². The second kappa shape index (κ2) is 12.4. The van der Waals surface area contributed by atoms with Crippen molar-refractivity contribution < 1.29 is 18.9 Å². The summed E-state index contributed by atoms with van der Waals surface area (Å²) in [6.07, 6.45) is 3.45. The summed E-state index contributed by atoms with van der Waals surface area (Å²) >= 11 is 0. The lowest BCUT2D eigenvalue weighted by Crippen LogP contribution is -2.35. The van der Waals surface area contributed by atoms with Crippen LogP contribution < -0.4 is 25.5 Å². The van der Waals surface area contributed by atoms with E-state index in [1.54, 1.807) is 32.7 Å². The molecule has 40 heavy (non-hydrogen) atoms. The van der Waals surface area contributed by atoms with Crippen LogP contribution in [-0.2, 0) is 15.3 Å². The van der Waals surface area contributed by atoms with Gasteiger partial charge in [-0.3, -0.25) is 10.4 Å². The number of aromatic nitrogens is 3. The van der Waals surface area contributed by atoms with Crippen molar-refractivity contribution in [3.63, 3.8) is 0 Å². The molecule has 1 fully saturated rings. The number of benzene rings is 2. The molecule has 1 aliphatic rings. The number of anilines is 4. The first-order valence-electron chi connectivity index (χ1n) is 12.7. The number of rotatable bonds is 11. The summed E-state index contributed by atoms with van der Waals surface area (Å²) in [5.41, 5.74) is 6.43. The standard InChI is InChI=1S/C29H31N7O4/c1-20(21-11-13-30-14-12-21)35-36-27-18-26(33-28(34-27)32-23-7-5-4-6-8-23)31-19-29(39-15-16-40-29)22-9-10-24(37-2)25(17-22)38-3/h4-14,17-18H,15-16,19H2,1-3H3,(H3,31,32,33,34,36). The van der Waals surface area contributed by atoms with Gasteiger partial charge in [0.2, 0.25) is 11.7 Å². The Kier molecular flexibility index (Phi) is 8.33. The second-order valence-corrected chi connectivity index (χ2v) is 8.87. The van der Waals surface area contributed by atoms with Crippen molar-refractivity contribution in [3.8, 4) is 11.5 Å². The Morgan fingerprint density at radius 1 is 0.900 bits per heavy atom. The molecular weight excluding hydrogens is 510 g/mol. The third kappa shape index (κ3) is 6.28. The molecule has 1 aliphatic heterocycles. The smallest absolute Gasteiger partial charge is 0.231 e. The van der Waals surface area contributed by atoms with Crippen molar-refractivity contribution in [1.82, 2.24) is 15.0 Å². The number of hydrogen-bond donors (Lipinski definition) is 3. The summed E-state index contributed by atoms with van der Waals surface area (Å²) in [6.45, 7) is 3.10. The van der Waals surface area contributed by atoms with Crippen LogP contribution in [-0.4, -0.2) is 54.6 Å². The van der Waals surface area contributed by atoms with Crippen LogP contribution in [0.2, 0.25) is 0 Å². The largest absolute Gasteiger partial charge is 0.493 e. The van der Waals surface area contributed by atoms with Gasteiger partial charge in [0, 0.05) is 35.3 Å². The average molecular weight is 542 g/mol. The van der Waals surface area contributed by atoms with Gasteiger partial charge in [0.15, 0.2) is 17.3 Å². The molecule has 0 spiro atoms. The minimum Gasteiger partial charge on any atom is -0.493 e. The maximum absolute atomic E-state index is 6.12. The van der Waals surface area contributed by atoms with Crippen molar-refractivity contribution in [1.29, 1.82) is 0 Å². The van der Waals surface area contributed by atoms with Gasteiger partial charge in [-0.25, -0.2) is 0 Å². The van der Waals surface area contributed by atoms with Crippen LogP contribution >= 0.6 is 0 Å². The van der Waals surface area contributed by atoms with Crippen LogP contribution in [0.5, 0.6) is 11.5 Å². The summed E-state index contributed by atoms with van der Waals surface area (Å²) in [5, 5.41) is 11.1.